The second-order valence-electron chi connectivity index (χ2n) is 4.85. The van der Waals surface area contributed by atoms with Gasteiger partial charge in [-0.2, -0.15) is 0 Å². The highest BCUT2D eigenvalue weighted by atomic mass is 16.6. The van der Waals surface area contributed by atoms with E-state index >= 15 is 0 Å². The molecule has 0 radical (unpaired) electrons. The summed E-state index contributed by atoms with van der Waals surface area (Å²) in [4.78, 5) is 16.0. The summed E-state index contributed by atoms with van der Waals surface area (Å²) in [5.74, 6) is 0.710. The highest BCUT2D eigenvalue weighted by Gasteiger charge is 2.50. The van der Waals surface area contributed by atoms with Gasteiger partial charge in [0.15, 0.2) is 0 Å². The number of fused-ring (bicyclic) bond motifs is 3. The Morgan fingerprint density at radius 1 is 1.47 bits per heavy atom. The number of rotatable bonds is 1. The third-order valence-corrected chi connectivity index (χ3v) is 4.12. The van der Waals surface area contributed by atoms with Crippen molar-refractivity contribution in [2.75, 3.05) is 26.2 Å². The highest BCUT2D eigenvalue weighted by Crippen LogP contribution is 2.41. The van der Waals surface area contributed by atoms with Crippen LogP contribution in [0.25, 0.3) is 0 Å². The van der Waals surface area contributed by atoms with E-state index in [4.69, 9.17) is 4.74 Å². The molecule has 3 fully saturated rings. The molecule has 0 spiro atoms. The van der Waals surface area contributed by atoms with Gasteiger partial charge >= 0.3 is 6.09 Å². The summed E-state index contributed by atoms with van der Waals surface area (Å²) in [5, 5.41) is 0. The second-order valence-corrected chi connectivity index (χ2v) is 4.85. The standard InChI is InChI=1S/C11H18N2O2/c1-2-15-11(14)12-6-8-5-9-3-4-13(9)10(8)7-12/h8-10H,2-7H2,1H3. The minimum absolute atomic E-state index is 0.121. The quantitative estimate of drug-likeness (QED) is 0.645. The molecule has 3 saturated heterocycles. The van der Waals surface area contributed by atoms with Crippen molar-refractivity contribution in [3.63, 3.8) is 0 Å². The molecule has 15 heavy (non-hydrogen) atoms. The van der Waals surface area contributed by atoms with Crippen molar-refractivity contribution in [2.45, 2.75) is 31.8 Å². The van der Waals surface area contributed by atoms with Crippen LogP contribution >= 0.6 is 0 Å². The summed E-state index contributed by atoms with van der Waals surface area (Å²) >= 11 is 0. The molecule has 1 amide bonds. The van der Waals surface area contributed by atoms with Crippen LogP contribution in [0.4, 0.5) is 4.79 Å². The smallest absolute Gasteiger partial charge is 0.409 e. The molecule has 0 bridgehead atoms. The van der Waals surface area contributed by atoms with Gasteiger partial charge in [-0.05, 0) is 25.7 Å². The number of carbonyl (C=O) groups is 1. The van der Waals surface area contributed by atoms with Gasteiger partial charge in [-0.15, -0.1) is 0 Å². The van der Waals surface area contributed by atoms with Crippen molar-refractivity contribution < 1.29 is 9.53 Å². The van der Waals surface area contributed by atoms with Crippen molar-refractivity contribution in [3.8, 4) is 0 Å². The Morgan fingerprint density at radius 2 is 2.33 bits per heavy atom. The fourth-order valence-corrected chi connectivity index (χ4v) is 3.33. The summed E-state index contributed by atoms with van der Waals surface area (Å²) in [6.07, 6.45) is 2.54. The molecule has 0 aromatic heterocycles. The van der Waals surface area contributed by atoms with Crippen LogP contribution < -0.4 is 0 Å². The van der Waals surface area contributed by atoms with Crippen molar-refractivity contribution in [1.29, 1.82) is 0 Å². The molecule has 3 rings (SSSR count). The zero-order valence-corrected chi connectivity index (χ0v) is 9.19. The lowest BCUT2D eigenvalue weighted by atomic mass is 10.0. The second kappa shape index (κ2) is 3.37. The Kier molecular flexibility index (Phi) is 2.12. The predicted molar refractivity (Wildman–Crippen MR) is 55.6 cm³/mol. The van der Waals surface area contributed by atoms with Crippen LogP contribution in [-0.2, 0) is 4.74 Å². The van der Waals surface area contributed by atoms with Gasteiger partial charge in [0.05, 0.1) is 6.61 Å². The molecular weight excluding hydrogens is 192 g/mol. The van der Waals surface area contributed by atoms with Crippen molar-refractivity contribution in [1.82, 2.24) is 9.80 Å². The summed E-state index contributed by atoms with van der Waals surface area (Å²) in [5.41, 5.74) is 0. The van der Waals surface area contributed by atoms with Crippen LogP contribution in [0.3, 0.4) is 0 Å². The lowest BCUT2D eigenvalue weighted by molar-refractivity contribution is 0.0772. The maximum atomic E-state index is 11.6. The van der Waals surface area contributed by atoms with Crippen molar-refractivity contribution in [2.24, 2.45) is 5.92 Å². The van der Waals surface area contributed by atoms with Gasteiger partial charge in [-0.3, -0.25) is 4.90 Å². The number of hydrogen-bond donors (Lipinski definition) is 0. The lowest BCUT2D eigenvalue weighted by Gasteiger charge is -2.39. The topological polar surface area (TPSA) is 32.8 Å². The molecule has 0 aliphatic carbocycles. The summed E-state index contributed by atoms with van der Waals surface area (Å²) in [6.45, 7) is 5.39. The normalized spacial score (nSPS) is 38.5. The van der Waals surface area contributed by atoms with Crippen molar-refractivity contribution in [3.05, 3.63) is 0 Å². The SMILES string of the molecule is CCOC(=O)N1CC2CC3CCN3C2C1. The molecule has 0 aromatic carbocycles. The molecule has 0 saturated carbocycles. The average molecular weight is 210 g/mol. The van der Waals surface area contributed by atoms with E-state index in [1.54, 1.807) is 0 Å². The summed E-state index contributed by atoms with van der Waals surface area (Å²) in [6, 6.07) is 1.47. The van der Waals surface area contributed by atoms with Crippen LogP contribution in [0, 0.1) is 5.92 Å². The molecule has 84 valence electrons. The first kappa shape index (κ1) is 9.46. The van der Waals surface area contributed by atoms with Gasteiger partial charge in [0, 0.05) is 31.7 Å². The van der Waals surface area contributed by atoms with Crippen molar-refractivity contribution >= 4 is 6.09 Å². The van der Waals surface area contributed by atoms with Gasteiger partial charge in [-0.25, -0.2) is 4.79 Å². The van der Waals surface area contributed by atoms with E-state index < -0.39 is 0 Å². The van der Waals surface area contributed by atoms with Gasteiger partial charge in [0.2, 0.25) is 0 Å². The first-order valence-electron chi connectivity index (χ1n) is 5.97. The third kappa shape index (κ3) is 1.34. The molecule has 0 N–H and O–H groups in total. The number of amides is 1. The molecule has 3 heterocycles. The van der Waals surface area contributed by atoms with Crippen LogP contribution in [0.15, 0.2) is 0 Å². The monoisotopic (exact) mass is 210 g/mol. The molecule has 3 aliphatic heterocycles. The van der Waals surface area contributed by atoms with Gasteiger partial charge in [0.25, 0.3) is 0 Å². The Bertz CT molecular complexity index is 282. The van der Waals surface area contributed by atoms with Gasteiger partial charge in [-0.1, -0.05) is 0 Å². The Balaban J connectivity index is 1.62. The van der Waals surface area contributed by atoms with E-state index in [0.29, 0.717) is 18.6 Å². The third-order valence-electron chi connectivity index (χ3n) is 4.12. The number of nitrogens with zero attached hydrogens (tertiary/aromatic N) is 2. The average Bonchev–Trinajstić information content (AvgIpc) is 2.65. The van der Waals surface area contributed by atoms with Gasteiger partial charge < -0.3 is 9.64 Å². The molecule has 0 aromatic rings. The van der Waals surface area contributed by atoms with Crippen LogP contribution in [0.1, 0.15) is 19.8 Å². The Morgan fingerprint density at radius 3 is 3.00 bits per heavy atom. The fraction of sp³-hybridized carbons (Fsp3) is 0.909. The summed E-state index contributed by atoms with van der Waals surface area (Å²) < 4.78 is 5.04. The van der Waals surface area contributed by atoms with E-state index in [-0.39, 0.29) is 6.09 Å². The zero-order valence-electron chi connectivity index (χ0n) is 9.19. The summed E-state index contributed by atoms with van der Waals surface area (Å²) in [7, 11) is 0. The van der Waals surface area contributed by atoms with E-state index in [0.717, 1.165) is 19.1 Å². The maximum absolute atomic E-state index is 11.6. The van der Waals surface area contributed by atoms with E-state index in [1.165, 1.54) is 19.4 Å². The largest absolute Gasteiger partial charge is 0.450 e. The highest BCUT2D eigenvalue weighted by molar-refractivity contribution is 5.68. The van der Waals surface area contributed by atoms with Crippen LogP contribution in [0.5, 0.6) is 0 Å². The minimum atomic E-state index is -0.121. The number of likely N-dealkylation sites (tertiary alicyclic amines) is 1. The fourth-order valence-electron chi connectivity index (χ4n) is 3.33. The Labute approximate surface area is 90.2 Å². The van der Waals surface area contributed by atoms with Gasteiger partial charge in [0.1, 0.15) is 0 Å². The zero-order chi connectivity index (χ0) is 10.4. The van der Waals surface area contributed by atoms with Crippen LogP contribution in [-0.4, -0.2) is 54.2 Å². The Hall–Kier alpha value is -0.770. The van der Waals surface area contributed by atoms with E-state index in [2.05, 4.69) is 4.90 Å². The number of hydrogen-bond acceptors (Lipinski definition) is 3. The molecule has 3 unspecified atom stereocenters. The molecule has 4 heteroatoms. The minimum Gasteiger partial charge on any atom is -0.450 e. The lowest BCUT2D eigenvalue weighted by Crippen LogP contribution is -2.49. The number of ether oxygens (including phenoxy) is 1. The first-order valence-corrected chi connectivity index (χ1v) is 5.97. The molecule has 3 atom stereocenters. The maximum Gasteiger partial charge on any atom is 0.409 e. The van der Waals surface area contributed by atoms with E-state index in [9.17, 15) is 4.79 Å². The molecule has 4 nitrogen and oxygen atoms in total. The first-order chi connectivity index (χ1) is 7.29. The van der Waals surface area contributed by atoms with E-state index in [1.807, 2.05) is 11.8 Å². The molecule has 3 aliphatic rings. The van der Waals surface area contributed by atoms with Crippen LogP contribution in [0.2, 0.25) is 0 Å². The molecular formula is C11H18N2O2. The number of carbonyl (C=O) groups excluding carboxylic acids is 1. The predicted octanol–water partition coefficient (Wildman–Crippen LogP) is 0.921.